The van der Waals surface area contributed by atoms with E-state index in [4.69, 9.17) is 28.3 Å². The summed E-state index contributed by atoms with van der Waals surface area (Å²) in [6.07, 6.45) is -1.57. The molecular weight excluding hydrogens is 518 g/mol. The molecule has 1 aliphatic rings. The van der Waals surface area contributed by atoms with Crippen molar-refractivity contribution in [3.63, 3.8) is 0 Å². The third-order valence-electron chi connectivity index (χ3n) is 6.63. The molecule has 2 aromatic heterocycles. The summed E-state index contributed by atoms with van der Waals surface area (Å²) in [4.78, 5) is 29.6. The number of aryl methyl sites for hydroxylation is 2. The topological polar surface area (TPSA) is 75.4 Å². The summed E-state index contributed by atoms with van der Waals surface area (Å²) >= 11 is 13.1. The van der Waals surface area contributed by atoms with Gasteiger partial charge >= 0.3 is 12.1 Å². The number of rotatable bonds is 5. The molecule has 0 unspecified atom stereocenters. The number of carboxylic acid groups (broad SMARTS) is 1. The molecule has 0 atom stereocenters. The first-order valence-electron chi connectivity index (χ1n) is 11.4. The van der Waals surface area contributed by atoms with Gasteiger partial charge in [0, 0.05) is 41.7 Å². The predicted molar refractivity (Wildman–Crippen MR) is 131 cm³/mol. The van der Waals surface area contributed by atoms with Crippen molar-refractivity contribution < 1.29 is 27.9 Å². The fraction of sp³-hybridized carbons (Fsp3) is 0.400. The molecule has 0 aliphatic carbocycles. The second-order valence-corrected chi connectivity index (χ2v) is 9.93. The molecule has 0 spiro atoms. The molecule has 1 aliphatic heterocycles. The van der Waals surface area contributed by atoms with E-state index >= 15 is 0 Å². The van der Waals surface area contributed by atoms with Gasteiger partial charge in [0.25, 0.3) is 5.91 Å². The standard InChI is InChI=1S/C25H24Cl2F3N3O3/c1-13-11-33(23-14(2)31-20(10-17(13)23)25(28,29)30)12-18-19(26)4-3-16(22(18)27)24(36)32-7-5-15(6-8-32)9-21(34)35/h3-4,10-11,15H,5-9,12H2,1-2H3,(H,34,35). The summed E-state index contributed by atoms with van der Waals surface area (Å²) in [6, 6.07) is 4.17. The van der Waals surface area contributed by atoms with Crippen LogP contribution < -0.4 is 0 Å². The van der Waals surface area contributed by atoms with Gasteiger partial charge in [0.1, 0.15) is 5.69 Å². The molecule has 3 heterocycles. The third kappa shape index (κ3) is 5.18. The van der Waals surface area contributed by atoms with Crippen molar-refractivity contribution in [1.29, 1.82) is 0 Å². The van der Waals surface area contributed by atoms with Crippen LogP contribution in [-0.4, -0.2) is 44.5 Å². The van der Waals surface area contributed by atoms with Gasteiger partial charge in [-0.1, -0.05) is 23.2 Å². The second kappa shape index (κ2) is 9.94. The summed E-state index contributed by atoms with van der Waals surface area (Å²) in [6.45, 7) is 4.23. The lowest BCUT2D eigenvalue weighted by atomic mass is 9.93. The van der Waals surface area contributed by atoms with E-state index in [0.717, 1.165) is 6.07 Å². The zero-order chi connectivity index (χ0) is 26.4. The Hall–Kier alpha value is -2.78. The van der Waals surface area contributed by atoms with Crippen molar-refractivity contribution in [1.82, 2.24) is 14.5 Å². The van der Waals surface area contributed by atoms with Crippen LogP contribution in [-0.2, 0) is 17.5 Å². The molecule has 6 nitrogen and oxygen atoms in total. The van der Waals surface area contributed by atoms with E-state index in [-0.39, 0.29) is 41.1 Å². The number of piperidine rings is 1. The zero-order valence-electron chi connectivity index (χ0n) is 19.6. The van der Waals surface area contributed by atoms with Gasteiger partial charge in [-0.3, -0.25) is 9.59 Å². The highest BCUT2D eigenvalue weighted by atomic mass is 35.5. The number of alkyl halides is 3. The number of hydrogen-bond donors (Lipinski definition) is 1. The number of halogens is 5. The van der Waals surface area contributed by atoms with Crippen LogP contribution in [0, 0.1) is 19.8 Å². The third-order valence-corrected chi connectivity index (χ3v) is 7.41. The summed E-state index contributed by atoms with van der Waals surface area (Å²) in [5.74, 6) is -1.09. The van der Waals surface area contributed by atoms with E-state index in [9.17, 15) is 22.8 Å². The van der Waals surface area contributed by atoms with E-state index < -0.39 is 17.8 Å². The molecule has 1 N–H and O–H groups in total. The van der Waals surface area contributed by atoms with Crippen molar-refractivity contribution in [2.24, 2.45) is 5.92 Å². The second-order valence-electron chi connectivity index (χ2n) is 9.15. The highest BCUT2D eigenvalue weighted by molar-refractivity contribution is 6.38. The average molecular weight is 542 g/mol. The maximum atomic E-state index is 13.3. The average Bonchev–Trinajstić information content (AvgIpc) is 3.11. The summed E-state index contributed by atoms with van der Waals surface area (Å²) < 4.78 is 41.6. The fourth-order valence-corrected chi connectivity index (χ4v) is 5.37. The summed E-state index contributed by atoms with van der Waals surface area (Å²) in [5.41, 5.74) is 1.19. The van der Waals surface area contributed by atoms with Gasteiger partial charge in [-0.05, 0) is 56.4 Å². The number of hydrogen-bond acceptors (Lipinski definition) is 3. The summed E-state index contributed by atoms with van der Waals surface area (Å²) in [7, 11) is 0. The van der Waals surface area contributed by atoms with Crippen molar-refractivity contribution >= 4 is 46.0 Å². The van der Waals surface area contributed by atoms with Gasteiger partial charge in [0.05, 0.1) is 28.3 Å². The number of pyridine rings is 1. The maximum absolute atomic E-state index is 13.3. The quantitative estimate of drug-likeness (QED) is 0.408. The molecule has 192 valence electrons. The SMILES string of the molecule is Cc1cn(Cc2c(Cl)ccc(C(=O)N3CCC(CC(=O)O)CC3)c2Cl)c2c(C)nc(C(F)(F)F)cc12. The smallest absolute Gasteiger partial charge is 0.433 e. The first-order valence-corrected chi connectivity index (χ1v) is 12.1. The minimum atomic E-state index is -4.56. The van der Waals surface area contributed by atoms with Gasteiger partial charge in [-0.2, -0.15) is 13.2 Å². The van der Waals surface area contributed by atoms with Gasteiger partial charge in [-0.15, -0.1) is 0 Å². The van der Waals surface area contributed by atoms with Crippen LogP contribution in [0.2, 0.25) is 10.0 Å². The van der Waals surface area contributed by atoms with Crippen molar-refractivity contribution in [3.05, 3.63) is 62.5 Å². The Balaban J connectivity index is 1.64. The number of nitrogens with zero attached hydrogens (tertiary/aromatic N) is 3. The number of carbonyl (C=O) groups excluding carboxylic acids is 1. The number of aliphatic carboxylic acids is 1. The Kier molecular flexibility index (Phi) is 7.26. The van der Waals surface area contributed by atoms with E-state index in [1.54, 1.807) is 34.7 Å². The van der Waals surface area contributed by atoms with E-state index in [1.807, 2.05) is 0 Å². The highest BCUT2D eigenvalue weighted by Crippen LogP contribution is 2.35. The van der Waals surface area contributed by atoms with Gasteiger partial charge in [0.15, 0.2) is 0 Å². The summed E-state index contributed by atoms with van der Waals surface area (Å²) in [5, 5.41) is 9.93. The Labute approximate surface area is 215 Å². The molecule has 11 heteroatoms. The predicted octanol–water partition coefficient (Wildman–Crippen LogP) is 6.35. The number of likely N-dealkylation sites (tertiary alicyclic amines) is 1. The molecule has 0 radical (unpaired) electrons. The van der Waals surface area contributed by atoms with Crippen LogP contribution in [0.4, 0.5) is 13.2 Å². The van der Waals surface area contributed by atoms with Crippen LogP contribution in [0.1, 0.15) is 52.1 Å². The lowest BCUT2D eigenvalue weighted by molar-refractivity contribution is -0.141. The van der Waals surface area contributed by atoms with Crippen molar-refractivity contribution in [2.45, 2.75) is 45.8 Å². The number of fused-ring (bicyclic) bond motifs is 1. The molecule has 1 fully saturated rings. The van der Waals surface area contributed by atoms with Crippen molar-refractivity contribution in [2.75, 3.05) is 13.1 Å². The zero-order valence-corrected chi connectivity index (χ0v) is 21.1. The van der Waals surface area contributed by atoms with E-state index in [1.165, 1.54) is 6.92 Å². The molecule has 0 saturated carbocycles. The van der Waals surface area contributed by atoms with Crippen LogP contribution in [0.3, 0.4) is 0 Å². The van der Waals surface area contributed by atoms with Crippen LogP contribution in [0.15, 0.2) is 24.4 Å². The number of carboxylic acids is 1. The first kappa shape index (κ1) is 26.3. The Morgan fingerprint density at radius 2 is 1.83 bits per heavy atom. The molecular formula is C25H24Cl2F3N3O3. The first-order chi connectivity index (χ1) is 16.9. The molecule has 36 heavy (non-hydrogen) atoms. The molecule has 0 bridgehead atoms. The van der Waals surface area contributed by atoms with Crippen molar-refractivity contribution in [3.8, 4) is 0 Å². The van der Waals surface area contributed by atoms with Gasteiger partial charge < -0.3 is 14.6 Å². The van der Waals surface area contributed by atoms with Crippen LogP contribution >= 0.6 is 23.2 Å². The maximum Gasteiger partial charge on any atom is 0.433 e. The minimum absolute atomic E-state index is 0.0303. The fourth-order valence-electron chi connectivity index (χ4n) is 4.80. The van der Waals surface area contributed by atoms with Crippen LogP contribution in [0.5, 0.6) is 0 Å². The monoisotopic (exact) mass is 541 g/mol. The number of amides is 1. The van der Waals surface area contributed by atoms with Gasteiger partial charge in [0.2, 0.25) is 0 Å². The number of aromatic nitrogens is 2. The van der Waals surface area contributed by atoms with E-state index in [2.05, 4.69) is 4.98 Å². The Bertz CT molecular complexity index is 1350. The molecule has 3 aromatic rings. The lowest BCUT2D eigenvalue weighted by Gasteiger charge is -2.31. The molecule has 1 amide bonds. The molecule has 1 aromatic carbocycles. The Morgan fingerprint density at radius 3 is 2.44 bits per heavy atom. The Morgan fingerprint density at radius 1 is 1.17 bits per heavy atom. The normalized spacial score (nSPS) is 15.0. The highest BCUT2D eigenvalue weighted by Gasteiger charge is 2.34. The lowest BCUT2D eigenvalue weighted by Crippen LogP contribution is -2.39. The number of carbonyl (C=O) groups is 2. The van der Waals surface area contributed by atoms with Crippen LogP contribution in [0.25, 0.3) is 10.9 Å². The molecule has 4 rings (SSSR count). The largest absolute Gasteiger partial charge is 0.481 e. The number of benzene rings is 1. The minimum Gasteiger partial charge on any atom is -0.481 e. The van der Waals surface area contributed by atoms with Gasteiger partial charge in [-0.25, -0.2) is 4.98 Å². The van der Waals surface area contributed by atoms with E-state index in [0.29, 0.717) is 53.0 Å². The molecule has 1 saturated heterocycles.